The van der Waals surface area contributed by atoms with Crippen LogP contribution in [0, 0.1) is 0 Å². The lowest BCUT2D eigenvalue weighted by molar-refractivity contribution is 0.105. The predicted octanol–water partition coefficient (Wildman–Crippen LogP) is 0.498. The first-order valence-corrected chi connectivity index (χ1v) is 7.11. The summed E-state index contributed by atoms with van der Waals surface area (Å²) in [4.78, 5) is 2.44. The van der Waals surface area contributed by atoms with Gasteiger partial charge >= 0.3 is 0 Å². The van der Waals surface area contributed by atoms with Gasteiger partial charge in [0.25, 0.3) is 0 Å². The van der Waals surface area contributed by atoms with Crippen molar-refractivity contribution in [3.63, 3.8) is 0 Å². The van der Waals surface area contributed by atoms with Crippen molar-refractivity contribution in [3.05, 3.63) is 11.9 Å². The molecule has 6 heteroatoms. The van der Waals surface area contributed by atoms with Crippen molar-refractivity contribution in [2.45, 2.75) is 38.4 Å². The van der Waals surface area contributed by atoms with E-state index in [9.17, 15) is 0 Å². The number of aromatic nitrogens is 3. The molecule has 1 aliphatic heterocycles. The van der Waals surface area contributed by atoms with Crippen molar-refractivity contribution in [3.8, 4) is 0 Å². The molecule has 1 aromatic heterocycles. The van der Waals surface area contributed by atoms with Crippen LogP contribution in [-0.2, 0) is 17.8 Å². The van der Waals surface area contributed by atoms with E-state index in [4.69, 9.17) is 4.74 Å². The number of ether oxygens (including phenoxy) is 1. The molecule has 2 rings (SSSR count). The number of rotatable bonds is 8. The fourth-order valence-electron chi connectivity index (χ4n) is 2.53. The Kier molecular flexibility index (Phi) is 5.75. The molecule has 1 saturated heterocycles. The van der Waals surface area contributed by atoms with Crippen LogP contribution in [0.1, 0.15) is 25.0 Å². The molecule has 1 N–H and O–H groups in total. The third kappa shape index (κ3) is 4.56. The van der Waals surface area contributed by atoms with E-state index in [0.717, 1.165) is 31.8 Å². The van der Waals surface area contributed by atoms with Crippen molar-refractivity contribution in [1.82, 2.24) is 25.2 Å². The van der Waals surface area contributed by atoms with Crippen LogP contribution in [-0.4, -0.2) is 59.8 Å². The highest BCUT2D eigenvalue weighted by atomic mass is 16.5. The first kappa shape index (κ1) is 14.4. The Balaban J connectivity index is 1.56. The minimum atomic E-state index is 0.707. The molecule has 0 amide bonds. The van der Waals surface area contributed by atoms with Gasteiger partial charge in [-0.3, -0.25) is 0 Å². The van der Waals surface area contributed by atoms with Crippen molar-refractivity contribution in [2.75, 3.05) is 33.9 Å². The average molecular weight is 267 g/mol. The second-order valence-electron chi connectivity index (χ2n) is 5.18. The number of hydrogen-bond donors (Lipinski definition) is 1. The first-order chi connectivity index (χ1) is 9.29. The van der Waals surface area contributed by atoms with Gasteiger partial charge in [-0.25, -0.2) is 4.68 Å². The molecule has 6 nitrogen and oxygen atoms in total. The molecule has 0 saturated carbocycles. The summed E-state index contributed by atoms with van der Waals surface area (Å²) in [6, 6.07) is 0.716. The highest BCUT2D eigenvalue weighted by molar-refractivity contribution is 4.90. The Morgan fingerprint density at radius 3 is 3.11 bits per heavy atom. The summed E-state index contributed by atoms with van der Waals surface area (Å²) < 4.78 is 7.53. The second-order valence-corrected chi connectivity index (χ2v) is 5.18. The lowest BCUT2D eigenvalue weighted by Crippen LogP contribution is -2.26. The van der Waals surface area contributed by atoms with Gasteiger partial charge in [0, 0.05) is 25.4 Å². The SMILES string of the molecule is CNCc1cn(CCOCCC2CCCN2C)nn1. The number of nitrogens with one attached hydrogen (secondary N) is 1. The van der Waals surface area contributed by atoms with Crippen LogP contribution in [0.25, 0.3) is 0 Å². The summed E-state index contributed by atoms with van der Waals surface area (Å²) in [7, 11) is 4.11. The van der Waals surface area contributed by atoms with E-state index < -0.39 is 0 Å². The highest BCUT2D eigenvalue weighted by Crippen LogP contribution is 2.17. The van der Waals surface area contributed by atoms with Gasteiger partial charge in [-0.05, 0) is 39.9 Å². The first-order valence-electron chi connectivity index (χ1n) is 7.11. The summed E-state index contributed by atoms with van der Waals surface area (Å²) in [5.74, 6) is 0. The van der Waals surface area contributed by atoms with Gasteiger partial charge in [0.1, 0.15) is 0 Å². The smallest absolute Gasteiger partial charge is 0.0964 e. The summed E-state index contributed by atoms with van der Waals surface area (Å²) in [5.41, 5.74) is 0.968. The molecule has 0 aliphatic carbocycles. The molecule has 0 aromatic carbocycles. The molecule has 1 atom stereocenters. The Morgan fingerprint density at radius 2 is 2.37 bits per heavy atom. The standard InChI is InChI=1S/C13H25N5O/c1-14-10-12-11-18(16-15-12)7-9-19-8-5-13-4-3-6-17(13)2/h11,13-14H,3-10H2,1-2H3. The minimum Gasteiger partial charge on any atom is -0.379 e. The van der Waals surface area contributed by atoms with Gasteiger partial charge in [0.2, 0.25) is 0 Å². The van der Waals surface area contributed by atoms with E-state index in [-0.39, 0.29) is 0 Å². The maximum absolute atomic E-state index is 5.69. The monoisotopic (exact) mass is 267 g/mol. The zero-order chi connectivity index (χ0) is 13.5. The molecule has 0 spiro atoms. The van der Waals surface area contributed by atoms with E-state index in [1.165, 1.54) is 19.4 Å². The zero-order valence-electron chi connectivity index (χ0n) is 12.0. The Bertz CT molecular complexity index is 368. The minimum absolute atomic E-state index is 0.707. The third-order valence-corrected chi connectivity index (χ3v) is 3.68. The fraction of sp³-hybridized carbons (Fsp3) is 0.846. The maximum atomic E-state index is 5.69. The molecule has 1 fully saturated rings. The summed E-state index contributed by atoms with van der Waals surface area (Å²) in [6.45, 7) is 4.32. The van der Waals surface area contributed by atoms with Gasteiger partial charge in [-0.2, -0.15) is 0 Å². The maximum Gasteiger partial charge on any atom is 0.0964 e. The topological polar surface area (TPSA) is 55.2 Å². The van der Waals surface area contributed by atoms with Crippen LogP contribution in [0.15, 0.2) is 6.20 Å². The molecule has 1 aromatic rings. The van der Waals surface area contributed by atoms with Gasteiger partial charge in [0.05, 0.1) is 18.8 Å². The van der Waals surface area contributed by atoms with Crippen LogP contribution in [0.2, 0.25) is 0 Å². The highest BCUT2D eigenvalue weighted by Gasteiger charge is 2.19. The van der Waals surface area contributed by atoms with E-state index in [1.807, 2.05) is 17.9 Å². The Morgan fingerprint density at radius 1 is 1.47 bits per heavy atom. The molecule has 108 valence electrons. The lowest BCUT2D eigenvalue weighted by Gasteiger charge is -2.18. The van der Waals surface area contributed by atoms with E-state index in [0.29, 0.717) is 12.6 Å². The van der Waals surface area contributed by atoms with Crippen molar-refractivity contribution in [1.29, 1.82) is 0 Å². The van der Waals surface area contributed by atoms with E-state index >= 15 is 0 Å². The van der Waals surface area contributed by atoms with Crippen molar-refractivity contribution < 1.29 is 4.74 Å². The average Bonchev–Trinajstić information content (AvgIpc) is 3.00. The number of hydrogen-bond acceptors (Lipinski definition) is 5. The molecule has 19 heavy (non-hydrogen) atoms. The summed E-state index contributed by atoms with van der Waals surface area (Å²) >= 11 is 0. The van der Waals surface area contributed by atoms with Crippen LogP contribution in [0.3, 0.4) is 0 Å². The third-order valence-electron chi connectivity index (χ3n) is 3.68. The fourth-order valence-corrected chi connectivity index (χ4v) is 2.53. The van der Waals surface area contributed by atoms with Gasteiger partial charge < -0.3 is 15.0 Å². The van der Waals surface area contributed by atoms with Crippen molar-refractivity contribution >= 4 is 0 Å². The summed E-state index contributed by atoms with van der Waals surface area (Å²) in [6.07, 6.45) is 5.74. The molecule has 1 aliphatic rings. The van der Waals surface area contributed by atoms with Crippen LogP contribution in [0.5, 0.6) is 0 Å². The van der Waals surface area contributed by atoms with E-state index in [1.54, 1.807) is 0 Å². The van der Waals surface area contributed by atoms with Gasteiger partial charge in [-0.1, -0.05) is 5.21 Å². The lowest BCUT2D eigenvalue weighted by atomic mass is 10.1. The normalized spacial score (nSPS) is 20.2. The number of nitrogens with zero attached hydrogens (tertiary/aromatic N) is 4. The van der Waals surface area contributed by atoms with E-state index in [2.05, 4.69) is 27.6 Å². The molecule has 0 bridgehead atoms. The van der Waals surface area contributed by atoms with Crippen LogP contribution < -0.4 is 5.32 Å². The molecule has 1 unspecified atom stereocenters. The molecule has 0 radical (unpaired) electrons. The summed E-state index contributed by atoms with van der Waals surface area (Å²) in [5, 5.41) is 11.2. The van der Waals surface area contributed by atoms with Gasteiger partial charge in [0.15, 0.2) is 0 Å². The number of likely N-dealkylation sites (tertiary alicyclic amines) is 1. The van der Waals surface area contributed by atoms with Crippen molar-refractivity contribution in [2.24, 2.45) is 0 Å². The quantitative estimate of drug-likeness (QED) is 0.695. The van der Waals surface area contributed by atoms with Gasteiger partial charge in [-0.15, -0.1) is 5.10 Å². The molecule has 2 heterocycles. The predicted molar refractivity (Wildman–Crippen MR) is 73.9 cm³/mol. The zero-order valence-corrected chi connectivity index (χ0v) is 12.0. The Labute approximate surface area is 115 Å². The second kappa shape index (κ2) is 7.57. The molecular formula is C13H25N5O. The largest absolute Gasteiger partial charge is 0.379 e. The molecular weight excluding hydrogens is 242 g/mol. The Hall–Kier alpha value is -0.980. The van der Waals surface area contributed by atoms with Crippen LogP contribution >= 0.6 is 0 Å². The van der Waals surface area contributed by atoms with Crippen LogP contribution in [0.4, 0.5) is 0 Å².